The van der Waals surface area contributed by atoms with Crippen LogP contribution in [0.5, 0.6) is 5.75 Å². The SMILES string of the molecule is COc1ccccc1-c1cncnc1C(=O)O. The molecule has 0 aliphatic carbocycles. The van der Waals surface area contributed by atoms with Gasteiger partial charge in [-0.2, -0.15) is 0 Å². The van der Waals surface area contributed by atoms with Crippen molar-refractivity contribution in [3.8, 4) is 16.9 Å². The Hall–Kier alpha value is -2.43. The maximum atomic E-state index is 11.1. The molecule has 0 fully saturated rings. The highest BCUT2D eigenvalue weighted by Crippen LogP contribution is 2.30. The number of ether oxygens (including phenoxy) is 1. The summed E-state index contributed by atoms with van der Waals surface area (Å²) < 4.78 is 5.19. The van der Waals surface area contributed by atoms with E-state index in [1.165, 1.54) is 19.6 Å². The Balaban J connectivity index is 2.64. The van der Waals surface area contributed by atoms with E-state index >= 15 is 0 Å². The van der Waals surface area contributed by atoms with Crippen LogP contribution in [0.15, 0.2) is 36.8 Å². The Bertz CT molecular complexity index is 555. The summed E-state index contributed by atoms with van der Waals surface area (Å²) >= 11 is 0. The van der Waals surface area contributed by atoms with Gasteiger partial charge in [0.1, 0.15) is 12.1 Å². The molecular weight excluding hydrogens is 220 g/mol. The van der Waals surface area contributed by atoms with Crippen molar-refractivity contribution < 1.29 is 14.6 Å². The van der Waals surface area contributed by atoms with Crippen molar-refractivity contribution >= 4 is 5.97 Å². The van der Waals surface area contributed by atoms with Crippen molar-refractivity contribution in [3.05, 3.63) is 42.5 Å². The number of aromatic carboxylic acids is 1. The minimum atomic E-state index is -1.09. The molecule has 0 saturated heterocycles. The second-order valence-corrected chi connectivity index (χ2v) is 3.29. The van der Waals surface area contributed by atoms with Crippen molar-refractivity contribution in [2.24, 2.45) is 0 Å². The van der Waals surface area contributed by atoms with Crippen LogP contribution < -0.4 is 4.74 Å². The van der Waals surface area contributed by atoms with Crippen LogP contribution in [0.1, 0.15) is 10.5 Å². The summed E-state index contributed by atoms with van der Waals surface area (Å²) in [6.45, 7) is 0. The lowest BCUT2D eigenvalue weighted by atomic mass is 10.0. The first kappa shape index (κ1) is 11.1. The summed E-state index contributed by atoms with van der Waals surface area (Å²) in [5.74, 6) is -0.502. The molecule has 0 aliphatic heterocycles. The Morgan fingerprint density at radius 3 is 2.76 bits per heavy atom. The first-order chi connectivity index (χ1) is 8.24. The Morgan fingerprint density at radius 1 is 1.29 bits per heavy atom. The number of carbonyl (C=O) groups is 1. The summed E-state index contributed by atoms with van der Waals surface area (Å²) in [4.78, 5) is 18.7. The van der Waals surface area contributed by atoms with E-state index in [0.717, 1.165) is 0 Å². The predicted molar refractivity (Wildman–Crippen MR) is 61.0 cm³/mol. The number of hydrogen-bond acceptors (Lipinski definition) is 4. The van der Waals surface area contributed by atoms with Gasteiger partial charge in [0.25, 0.3) is 0 Å². The molecule has 5 nitrogen and oxygen atoms in total. The first-order valence-corrected chi connectivity index (χ1v) is 4.90. The van der Waals surface area contributed by atoms with E-state index < -0.39 is 5.97 Å². The van der Waals surface area contributed by atoms with Gasteiger partial charge in [-0.3, -0.25) is 0 Å². The van der Waals surface area contributed by atoms with Gasteiger partial charge in [0, 0.05) is 17.3 Å². The van der Waals surface area contributed by atoms with Crippen LogP contribution in [0.3, 0.4) is 0 Å². The van der Waals surface area contributed by atoms with Gasteiger partial charge >= 0.3 is 5.97 Å². The smallest absolute Gasteiger partial charge is 0.355 e. The van der Waals surface area contributed by atoms with Gasteiger partial charge in [-0.1, -0.05) is 18.2 Å². The summed E-state index contributed by atoms with van der Waals surface area (Å²) in [5, 5.41) is 9.06. The zero-order valence-electron chi connectivity index (χ0n) is 9.12. The van der Waals surface area contributed by atoms with Gasteiger partial charge in [-0.15, -0.1) is 0 Å². The number of rotatable bonds is 3. The van der Waals surface area contributed by atoms with Crippen LogP contribution in [0.2, 0.25) is 0 Å². The van der Waals surface area contributed by atoms with Crippen LogP contribution in [0, 0.1) is 0 Å². The van der Waals surface area contributed by atoms with Crippen molar-refractivity contribution in [1.82, 2.24) is 9.97 Å². The number of aromatic nitrogens is 2. The largest absolute Gasteiger partial charge is 0.496 e. The van der Waals surface area contributed by atoms with Crippen LogP contribution in [0.4, 0.5) is 0 Å². The molecule has 17 heavy (non-hydrogen) atoms. The van der Waals surface area contributed by atoms with E-state index in [4.69, 9.17) is 9.84 Å². The van der Waals surface area contributed by atoms with Crippen LogP contribution in [-0.4, -0.2) is 28.2 Å². The molecule has 5 heteroatoms. The molecule has 0 radical (unpaired) electrons. The topological polar surface area (TPSA) is 72.3 Å². The highest BCUT2D eigenvalue weighted by molar-refractivity contribution is 5.94. The molecule has 1 aromatic heterocycles. The molecule has 1 heterocycles. The molecule has 0 aliphatic rings. The normalized spacial score (nSPS) is 9.94. The van der Waals surface area contributed by atoms with Crippen molar-refractivity contribution in [2.75, 3.05) is 7.11 Å². The Labute approximate surface area is 97.7 Å². The second-order valence-electron chi connectivity index (χ2n) is 3.29. The third-order valence-electron chi connectivity index (χ3n) is 2.31. The number of hydrogen-bond donors (Lipinski definition) is 1. The molecule has 1 N–H and O–H groups in total. The molecule has 0 bridgehead atoms. The minimum absolute atomic E-state index is 0.0375. The van der Waals surface area contributed by atoms with Crippen LogP contribution in [-0.2, 0) is 0 Å². The molecular formula is C12H10N2O3. The molecule has 0 unspecified atom stereocenters. The molecule has 86 valence electrons. The lowest BCUT2D eigenvalue weighted by Crippen LogP contribution is -2.04. The summed E-state index contributed by atoms with van der Waals surface area (Å²) in [5.41, 5.74) is 1.06. The van der Waals surface area contributed by atoms with E-state index in [1.807, 2.05) is 6.07 Å². The lowest BCUT2D eigenvalue weighted by molar-refractivity contribution is 0.0691. The minimum Gasteiger partial charge on any atom is -0.496 e. The molecule has 0 amide bonds. The molecule has 1 aromatic carbocycles. The first-order valence-electron chi connectivity index (χ1n) is 4.90. The number of methoxy groups -OCH3 is 1. The summed E-state index contributed by atoms with van der Waals surface area (Å²) in [6, 6.07) is 7.14. The standard InChI is InChI=1S/C12H10N2O3/c1-17-10-5-3-2-4-8(10)9-6-13-7-14-11(9)12(15)16/h2-7H,1H3,(H,15,16). The van der Waals surface area contributed by atoms with Crippen molar-refractivity contribution in [2.45, 2.75) is 0 Å². The maximum absolute atomic E-state index is 11.1. The van der Waals surface area contributed by atoms with E-state index in [9.17, 15) is 4.79 Å². The predicted octanol–water partition coefficient (Wildman–Crippen LogP) is 1.85. The van der Waals surface area contributed by atoms with Crippen LogP contribution >= 0.6 is 0 Å². The number of nitrogens with zero attached hydrogens (tertiary/aromatic N) is 2. The van der Waals surface area contributed by atoms with Gasteiger partial charge in [0.2, 0.25) is 0 Å². The third kappa shape index (κ3) is 2.08. The van der Waals surface area contributed by atoms with E-state index in [2.05, 4.69) is 9.97 Å². The van der Waals surface area contributed by atoms with Crippen molar-refractivity contribution in [1.29, 1.82) is 0 Å². The average molecular weight is 230 g/mol. The fourth-order valence-electron chi connectivity index (χ4n) is 1.56. The van der Waals surface area contributed by atoms with Gasteiger partial charge in [-0.25, -0.2) is 14.8 Å². The van der Waals surface area contributed by atoms with E-state index in [1.54, 1.807) is 18.2 Å². The third-order valence-corrected chi connectivity index (χ3v) is 2.31. The molecule has 0 saturated carbocycles. The monoisotopic (exact) mass is 230 g/mol. The molecule has 2 rings (SSSR count). The highest BCUT2D eigenvalue weighted by atomic mass is 16.5. The highest BCUT2D eigenvalue weighted by Gasteiger charge is 2.15. The van der Waals surface area contributed by atoms with E-state index in [-0.39, 0.29) is 5.69 Å². The Kier molecular flexibility index (Phi) is 3.00. The fraction of sp³-hybridized carbons (Fsp3) is 0.0833. The number of carboxylic acids is 1. The lowest BCUT2D eigenvalue weighted by Gasteiger charge is -2.09. The van der Waals surface area contributed by atoms with Gasteiger partial charge < -0.3 is 9.84 Å². The zero-order valence-corrected chi connectivity index (χ0v) is 9.12. The number of para-hydroxylation sites is 1. The molecule has 0 atom stereocenters. The summed E-state index contributed by atoms with van der Waals surface area (Å²) in [6.07, 6.45) is 2.68. The van der Waals surface area contributed by atoms with Crippen LogP contribution in [0.25, 0.3) is 11.1 Å². The second kappa shape index (κ2) is 4.61. The summed E-state index contributed by atoms with van der Waals surface area (Å²) in [7, 11) is 1.53. The average Bonchev–Trinajstić information content (AvgIpc) is 2.38. The van der Waals surface area contributed by atoms with Gasteiger partial charge in [-0.05, 0) is 6.07 Å². The fourth-order valence-corrected chi connectivity index (χ4v) is 1.56. The number of carboxylic acid groups (broad SMARTS) is 1. The molecule has 0 spiro atoms. The maximum Gasteiger partial charge on any atom is 0.355 e. The Morgan fingerprint density at radius 2 is 2.06 bits per heavy atom. The number of benzene rings is 1. The van der Waals surface area contributed by atoms with Gasteiger partial charge in [0.05, 0.1) is 7.11 Å². The zero-order chi connectivity index (χ0) is 12.3. The molecule has 2 aromatic rings. The quantitative estimate of drug-likeness (QED) is 0.871. The van der Waals surface area contributed by atoms with Gasteiger partial charge in [0.15, 0.2) is 5.69 Å². The van der Waals surface area contributed by atoms with Crippen molar-refractivity contribution in [3.63, 3.8) is 0 Å². The van der Waals surface area contributed by atoms with E-state index in [0.29, 0.717) is 16.9 Å².